The zero-order valence-corrected chi connectivity index (χ0v) is 23.3. The minimum Gasteiger partial charge on any atom is -0.353 e. The maximum absolute atomic E-state index is 14.0. The Bertz CT molecular complexity index is 1590. The average molecular weight is 594 g/mol. The first-order chi connectivity index (χ1) is 18.9. The van der Waals surface area contributed by atoms with Crippen LogP contribution < -0.4 is 15.5 Å². The van der Waals surface area contributed by atoms with Crippen molar-refractivity contribution in [3.8, 4) is 10.6 Å². The Hall–Kier alpha value is -3.30. The lowest BCUT2D eigenvalue weighted by atomic mass is 9.91. The normalized spacial score (nSPS) is 22.0. The maximum atomic E-state index is 14.0. The maximum Gasteiger partial charge on any atom is 0.420 e. The van der Waals surface area contributed by atoms with Gasteiger partial charge in [0.1, 0.15) is 16.3 Å². The van der Waals surface area contributed by atoms with Crippen LogP contribution in [0.25, 0.3) is 10.6 Å². The molecule has 2 N–H and O–H groups in total. The molecule has 15 heteroatoms. The van der Waals surface area contributed by atoms with Gasteiger partial charge in [0.2, 0.25) is 5.95 Å². The van der Waals surface area contributed by atoms with E-state index in [0.29, 0.717) is 47.4 Å². The van der Waals surface area contributed by atoms with Gasteiger partial charge in [0.05, 0.1) is 32.6 Å². The van der Waals surface area contributed by atoms with Crippen molar-refractivity contribution in [2.45, 2.75) is 42.9 Å². The fourth-order valence-corrected chi connectivity index (χ4v) is 8.25. The number of hydrogen-bond acceptors (Lipinski definition) is 10. The van der Waals surface area contributed by atoms with Gasteiger partial charge in [-0.2, -0.15) is 13.2 Å². The summed E-state index contributed by atoms with van der Waals surface area (Å²) in [6.45, 7) is 3.65. The molecule has 1 amide bonds. The summed E-state index contributed by atoms with van der Waals surface area (Å²) in [5.74, 6) is -0.151. The van der Waals surface area contributed by atoms with Gasteiger partial charge in [-0.3, -0.25) is 4.79 Å². The lowest BCUT2D eigenvalue weighted by Gasteiger charge is -2.48. The van der Waals surface area contributed by atoms with Gasteiger partial charge in [-0.05, 0) is 31.0 Å². The van der Waals surface area contributed by atoms with Gasteiger partial charge < -0.3 is 20.4 Å². The molecule has 0 spiro atoms. The van der Waals surface area contributed by atoms with E-state index in [0.717, 1.165) is 31.4 Å². The number of piperazine rings is 1. The van der Waals surface area contributed by atoms with Crippen molar-refractivity contribution in [3.05, 3.63) is 40.5 Å². The zero-order chi connectivity index (χ0) is 28.4. The molecule has 0 radical (unpaired) electrons. The third kappa shape index (κ3) is 4.79. The van der Waals surface area contributed by atoms with E-state index in [-0.39, 0.29) is 32.9 Å². The second-order valence-electron chi connectivity index (χ2n) is 10.1. The number of nitrogens with one attached hydrogen (secondary N) is 2. The van der Waals surface area contributed by atoms with Crippen LogP contribution in [0.5, 0.6) is 0 Å². The van der Waals surface area contributed by atoms with Crippen LogP contribution in [0.15, 0.2) is 29.3 Å². The second-order valence-corrected chi connectivity index (χ2v) is 13.3. The third-order valence-electron chi connectivity index (χ3n) is 7.38. The van der Waals surface area contributed by atoms with Crippen molar-refractivity contribution < 1.29 is 26.4 Å². The van der Waals surface area contributed by atoms with Gasteiger partial charge in [0.25, 0.3) is 5.91 Å². The van der Waals surface area contributed by atoms with Crippen molar-refractivity contribution in [1.29, 1.82) is 0 Å². The number of pyridine rings is 1. The Kier molecular flexibility index (Phi) is 6.50. The highest BCUT2D eigenvalue weighted by Crippen LogP contribution is 2.42. The van der Waals surface area contributed by atoms with E-state index in [1.807, 2.05) is 19.1 Å². The highest BCUT2D eigenvalue weighted by molar-refractivity contribution is 7.91. The molecule has 7 heterocycles. The Morgan fingerprint density at radius 1 is 1.20 bits per heavy atom. The number of sulfone groups is 1. The molecule has 7 rings (SSSR count). The monoisotopic (exact) mass is 593 g/mol. The highest BCUT2D eigenvalue weighted by atomic mass is 32.2. The van der Waals surface area contributed by atoms with Crippen LogP contribution >= 0.6 is 11.3 Å². The first-order valence-electron chi connectivity index (χ1n) is 12.8. The molecule has 0 saturated carbocycles. The molecule has 10 nitrogen and oxygen atoms in total. The molecule has 3 aromatic heterocycles. The lowest BCUT2D eigenvalue weighted by Crippen LogP contribution is -2.67. The summed E-state index contributed by atoms with van der Waals surface area (Å²) >= 11 is 0.679. The molecular formula is C25H26F3N7O3S2. The van der Waals surface area contributed by atoms with E-state index in [4.69, 9.17) is 4.98 Å². The largest absolute Gasteiger partial charge is 0.420 e. The standard InChI is InChI=1S/C25H26F3N7O3S2/c1-3-16-17(4-5-20(31-16)35-11-13-8-14(12-35)30-13)32-24-29-10-15(25(26,27)28)21(33-24)18-9-19-22(39-18)23(36)34(2)6-7-40(19,37)38/h4-5,9-10,13-14,30H,3,6-8,11-12H2,1-2H3,(H,29,32,33). The summed E-state index contributed by atoms with van der Waals surface area (Å²) in [5.41, 5.74) is -0.374. The number of anilines is 3. The van der Waals surface area contributed by atoms with Gasteiger partial charge in [0.15, 0.2) is 9.84 Å². The van der Waals surface area contributed by atoms with Crippen molar-refractivity contribution in [1.82, 2.24) is 25.2 Å². The van der Waals surface area contributed by atoms with E-state index < -0.39 is 33.2 Å². The van der Waals surface area contributed by atoms with Crippen LogP contribution in [0.1, 0.15) is 34.3 Å². The minimum absolute atomic E-state index is 0.00429. The number of piperidine rings is 1. The van der Waals surface area contributed by atoms with E-state index in [9.17, 15) is 26.4 Å². The number of hydrogen-bond donors (Lipinski definition) is 2. The molecule has 3 aromatic rings. The highest BCUT2D eigenvalue weighted by Gasteiger charge is 2.39. The number of carbonyl (C=O) groups is 1. The minimum atomic E-state index is -4.81. The van der Waals surface area contributed by atoms with Crippen molar-refractivity contribution in [2.24, 2.45) is 0 Å². The summed E-state index contributed by atoms with van der Waals surface area (Å²) < 4.78 is 67.6. The van der Waals surface area contributed by atoms with Crippen LogP contribution in [0.3, 0.4) is 0 Å². The number of thiophene rings is 1. The van der Waals surface area contributed by atoms with E-state index >= 15 is 0 Å². The number of alkyl halides is 3. The zero-order valence-electron chi connectivity index (χ0n) is 21.6. The molecule has 2 atom stereocenters. The Labute approximate surface area is 232 Å². The number of fused-ring (bicyclic) bond motifs is 3. The van der Waals surface area contributed by atoms with Crippen LogP contribution in [0, 0.1) is 0 Å². The van der Waals surface area contributed by atoms with Crippen molar-refractivity contribution in [3.63, 3.8) is 0 Å². The number of aryl methyl sites for hydroxylation is 1. The Balaban J connectivity index is 1.36. The molecule has 4 aliphatic heterocycles. The fraction of sp³-hybridized carbons (Fsp3) is 0.440. The van der Waals surface area contributed by atoms with Gasteiger partial charge >= 0.3 is 6.18 Å². The van der Waals surface area contributed by atoms with Crippen LogP contribution in [0.2, 0.25) is 0 Å². The summed E-state index contributed by atoms with van der Waals surface area (Å²) in [4.78, 5) is 28.6. The summed E-state index contributed by atoms with van der Waals surface area (Å²) in [7, 11) is -2.42. The van der Waals surface area contributed by atoms with Gasteiger partial charge in [0, 0.05) is 45.0 Å². The molecule has 3 saturated heterocycles. The average Bonchev–Trinajstić information content (AvgIpc) is 3.34. The lowest BCUT2D eigenvalue weighted by molar-refractivity contribution is -0.137. The molecule has 0 aliphatic carbocycles. The summed E-state index contributed by atoms with van der Waals surface area (Å²) in [6, 6.07) is 5.70. The SMILES string of the molecule is CCc1nc(N2CC3CC(C2)N3)ccc1Nc1ncc(C(F)(F)F)c(-c2cc3c(s2)C(=O)N(C)CCS3(=O)=O)n1. The number of carbonyl (C=O) groups excluding carboxylic acids is 1. The van der Waals surface area contributed by atoms with E-state index in [1.165, 1.54) is 11.9 Å². The number of halogens is 3. The van der Waals surface area contributed by atoms with Gasteiger partial charge in [-0.25, -0.2) is 23.4 Å². The number of amides is 1. The van der Waals surface area contributed by atoms with Crippen LogP contribution in [0.4, 0.5) is 30.6 Å². The molecule has 2 unspecified atom stereocenters. The smallest absolute Gasteiger partial charge is 0.353 e. The predicted molar refractivity (Wildman–Crippen MR) is 144 cm³/mol. The molecular weight excluding hydrogens is 567 g/mol. The molecule has 2 bridgehead atoms. The van der Waals surface area contributed by atoms with Crippen LogP contribution in [-0.2, 0) is 22.4 Å². The Morgan fingerprint density at radius 2 is 1.93 bits per heavy atom. The van der Waals surface area contributed by atoms with Crippen molar-refractivity contribution >= 4 is 44.5 Å². The van der Waals surface area contributed by atoms with Crippen LogP contribution in [-0.4, -0.2) is 78.7 Å². The number of rotatable bonds is 5. The van der Waals surface area contributed by atoms with E-state index in [1.54, 1.807) is 0 Å². The molecule has 4 aliphatic rings. The molecule has 40 heavy (non-hydrogen) atoms. The number of aromatic nitrogens is 3. The first-order valence-corrected chi connectivity index (χ1v) is 15.2. The Morgan fingerprint density at radius 3 is 2.60 bits per heavy atom. The van der Waals surface area contributed by atoms with Gasteiger partial charge in [-0.15, -0.1) is 11.3 Å². The summed E-state index contributed by atoms with van der Waals surface area (Å²) in [6.07, 6.45) is -2.42. The third-order valence-corrected chi connectivity index (χ3v) is 10.4. The summed E-state index contributed by atoms with van der Waals surface area (Å²) in [5, 5.41) is 6.47. The van der Waals surface area contributed by atoms with E-state index in [2.05, 4.69) is 25.5 Å². The quantitative estimate of drug-likeness (QED) is 0.459. The first kappa shape index (κ1) is 26.9. The van der Waals surface area contributed by atoms with Crippen molar-refractivity contribution in [2.75, 3.05) is 42.7 Å². The second kappa shape index (κ2) is 9.66. The predicted octanol–water partition coefficient (Wildman–Crippen LogP) is 3.33. The fourth-order valence-electron chi connectivity index (χ4n) is 5.22. The molecule has 212 valence electrons. The molecule has 3 fully saturated rings. The molecule has 0 aromatic carbocycles. The van der Waals surface area contributed by atoms with Gasteiger partial charge in [-0.1, -0.05) is 6.92 Å². The number of nitrogens with zero attached hydrogens (tertiary/aromatic N) is 5. The topological polar surface area (TPSA) is 120 Å².